The summed E-state index contributed by atoms with van der Waals surface area (Å²) in [5.74, 6) is 0. The highest BCUT2D eigenvalue weighted by Gasteiger charge is 2.30. The lowest BCUT2D eigenvalue weighted by molar-refractivity contribution is -0.182. The fourth-order valence-corrected chi connectivity index (χ4v) is 1.69. The second-order valence-electron chi connectivity index (χ2n) is 3.27. The van der Waals surface area contributed by atoms with Crippen molar-refractivity contribution >= 4 is 0 Å². The Balaban J connectivity index is 2.18. The molecule has 3 aliphatic rings. The molecule has 1 fully saturated rings. The first-order chi connectivity index (χ1) is 5.25. The molecule has 3 atom stereocenters. The van der Waals surface area contributed by atoms with Crippen molar-refractivity contribution in [2.75, 3.05) is 7.05 Å². The summed E-state index contributed by atoms with van der Waals surface area (Å²) in [6.45, 7) is 0. The van der Waals surface area contributed by atoms with E-state index in [2.05, 4.69) is 6.08 Å². The van der Waals surface area contributed by atoms with Crippen LogP contribution in [0.1, 0.15) is 12.8 Å². The summed E-state index contributed by atoms with van der Waals surface area (Å²) < 4.78 is 0. The van der Waals surface area contributed by atoms with E-state index in [1.54, 1.807) is 0 Å². The third-order valence-corrected chi connectivity index (χ3v) is 2.33. The molecule has 62 valence electrons. The van der Waals surface area contributed by atoms with E-state index in [9.17, 15) is 5.11 Å². The van der Waals surface area contributed by atoms with Gasteiger partial charge in [0.25, 0.3) is 0 Å². The zero-order chi connectivity index (χ0) is 7.84. The van der Waals surface area contributed by atoms with Gasteiger partial charge in [0.15, 0.2) is 0 Å². The largest absolute Gasteiger partial charge is 0.393 e. The smallest absolute Gasteiger partial charge is 0.0999 e. The van der Waals surface area contributed by atoms with Crippen LogP contribution in [0.25, 0.3) is 0 Å². The Hall–Kier alpha value is -0.380. The minimum atomic E-state index is -0.204. The molecule has 2 heterocycles. The number of hydrogen-bond donors (Lipinski definition) is 1. The quantitative estimate of drug-likeness (QED) is 0.511. The van der Waals surface area contributed by atoms with Gasteiger partial charge in [-0.25, -0.2) is 0 Å². The average Bonchev–Trinajstić information content (AvgIpc) is 2.16. The Morgan fingerprint density at radius 2 is 2.27 bits per heavy atom. The molecule has 0 aromatic rings. The second-order valence-corrected chi connectivity index (χ2v) is 3.27. The maximum Gasteiger partial charge on any atom is 0.0999 e. The van der Waals surface area contributed by atoms with E-state index in [1.807, 2.05) is 18.2 Å². The lowest BCUT2D eigenvalue weighted by Crippen LogP contribution is -2.34. The minimum Gasteiger partial charge on any atom is -0.393 e. The number of aliphatic hydroxyl groups excluding tert-OH is 1. The monoisotopic (exact) mass is 155 g/mol. The molecular weight excluding hydrogens is 142 g/mol. The number of aliphatic hydroxyl groups is 1. The molecule has 3 rings (SSSR count). The molecule has 1 saturated heterocycles. The molecule has 2 bridgehead atoms. The molecule has 1 aliphatic carbocycles. The van der Waals surface area contributed by atoms with Gasteiger partial charge >= 0.3 is 0 Å². The minimum absolute atomic E-state index is 0.0914. The third kappa shape index (κ3) is 1.31. The van der Waals surface area contributed by atoms with Gasteiger partial charge in [0, 0.05) is 13.5 Å². The van der Waals surface area contributed by atoms with Crippen molar-refractivity contribution in [2.45, 2.75) is 31.1 Å². The molecule has 11 heavy (non-hydrogen) atoms. The summed E-state index contributed by atoms with van der Waals surface area (Å²) >= 11 is 0. The van der Waals surface area contributed by atoms with Crippen molar-refractivity contribution in [3.63, 3.8) is 0 Å². The van der Waals surface area contributed by atoms with Gasteiger partial charge in [0.1, 0.15) is 0 Å². The van der Waals surface area contributed by atoms with E-state index in [1.165, 1.54) is 0 Å². The molecule has 0 aromatic heterocycles. The van der Waals surface area contributed by atoms with E-state index in [-0.39, 0.29) is 18.2 Å². The van der Waals surface area contributed by atoms with Crippen LogP contribution in [0.15, 0.2) is 12.2 Å². The van der Waals surface area contributed by atoms with Crippen molar-refractivity contribution in [2.24, 2.45) is 0 Å². The van der Waals surface area contributed by atoms with Crippen LogP contribution in [0.4, 0.5) is 0 Å². The van der Waals surface area contributed by atoms with Crippen LogP contribution in [0.5, 0.6) is 0 Å². The third-order valence-electron chi connectivity index (χ3n) is 2.33. The standard InChI is InChI=1S/C8H13NO2/c1-9-6-2-3-8(11-9)5-7(10)4-6/h2-3,6-8,10H,4-5H2,1H3/t6-,7+,8+/m1/s1. The van der Waals surface area contributed by atoms with Gasteiger partial charge in [-0.2, -0.15) is 5.06 Å². The first-order valence-corrected chi connectivity index (χ1v) is 4.01. The van der Waals surface area contributed by atoms with E-state index >= 15 is 0 Å². The van der Waals surface area contributed by atoms with Crippen molar-refractivity contribution in [3.05, 3.63) is 12.2 Å². The maximum atomic E-state index is 9.44. The van der Waals surface area contributed by atoms with Crippen LogP contribution in [-0.4, -0.2) is 35.5 Å². The molecule has 3 heteroatoms. The highest BCUT2D eigenvalue weighted by atomic mass is 16.7. The summed E-state index contributed by atoms with van der Waals surface area (Å²) in [6, 6.07) is 0.267. The van der Waals surface area contributed by atoms with E-state index in [0.717, 1.165) is 12.8 Å². The zero-order valence-corrected chi connectivity index (χ0v) is 6.60. The second kappa shape index (κ2) is 2.59. The van der Waals surface area contributed by atoms with Crippen LogP contribution in [-0.2, 0) is 4.84 Å². The van der Waals surface area contributed by atoms with Gasteiger partial charge in [-0.05, 0) is 6.42 Å². The van der Waals surface area contributed by atoms with Crippen molar-refractivity contribution in [1.82, 2.24) is 5.06 Å². The Morgan fingerprint density at radius 3 is 3.00 bits per heavy atom. The number of hydroxylamine groups is 2. The molecule has 0 saturated carbocycles. The number of fused-ring (bicyclic) bond motifs is 3. The van der Waals surface area contributed by atoms with Crippen molar-refractivity contribution in [3.8, 4) is 0 Å². The van der Waals surface area contributed by atoms with Gasteiger partial charge in [-0.1, -0.05) is 12.2 Å². The molecule has 0 amide bonds. The zero-order valence-electron chi connectivity index (χ0n) is 6.60. The molecule has 3 nitrogen and oxygen atoms in total. The van der Waals surface area contributed by atoms with Crippen LogP contribution in [0.2, 0.25) is 0 Å². The van der Waals surface area contributed by atoms with Gasteiger partial charge < -0.3 is 5.11 Å². The highest BCUT2D eigenvalue weighted by molar-refractivity contribution is 5.04. The first kappa shape index (κ1) is 7.28. The summed E-state index contributed by atoms with van der Waals surface area (Å²) in [5.41, 5.74) is 0. The lowest BCUT2D eigenvalue weighted by atomic mass is 10.1. The van der Waals surface area contributed by atoms with Crippen molar-refractivity contribution in [1.29, 1.82) is 0 Å². The fourth-order valence-electron chi connectivity index (χ4n) is 1.69. The van der Waals surface area contributed by atoms with Gasteiger partial charge in [0.2, 0.25) is 0 Å². The Kier molecular flexibility index (Phi) is 1.71. The van der Waals surface area contributed by atoms with Gasteiger partial charge in [-0.3, -0.25) is 4.84 Å². The molecule has 0 aromatic carbocycles. The Morgan fingerprint density at radius 1 is 1.45 bits per heavy atom. The van der Waals surface area contributed by atoms with Crippen LogP contribution >= 0.6 is 0 Å². The number of rotatable bonds is 0. The topological polar surface area (TPSA) is 32.7 Å². The first-order valence-electron chi connectivity index (χ1n) is 4.01. The van der Waals surface area contributed by atoms with Gasteiger partial charge in [0.05, 0.1) is 18.2 Å². The molecule has 2 aliphatic heterocycles. The highest BCUT2D eigenvalue weighted by Crippen LogP contribution is 2.24. The van der Waals surface area contributed by atoms with Crippen molar-refractivity contribution < 1.29 is 9.94 Å². The van der Waals surface area contributed by atoms with Gasteiger partial charge in [-0.15, -0.1) is 0 Å². The lowest BCUT2D eigenvalue weighted by Gasteiger charge is -2.27. The summed E-state index contributed by atoms with van der Waals surface area (Å²) in [6.07, 6.45) is 5.57. The number of likely N-dealkylation sites (N-methyl/N-ethyl adjacent to an activating group) is 1. The summed E-state index contributed by atoms with van der Waals surface area (Å²) in [4.78, 5) is 5.47. The van der Waals surface area contributed by atoms with Crippen LogP contribution in [0.3, 0.4) is 0 Å². The average molecular weight is 155 g/mol. The summed E-state index contributed by atoms with van der Waals surface area (Å²) in [7, 11) is 1.92. The molecule has 0 radical (unpaired) electrons. The van der Waals surface area contributed by atoms with Crippen LogP contribution in [0, 0.1) is 0 Å². The fraction of sp³-hybridized carbons (Fsp3) is 0.750. The van der Waals surface area contributed by atoms with E-state index in [4.69, 9.17) is 4.84 Å². The molecule has 0 spiro atoms. The SMILES string of the molecule is CN1O[C@H]2C=C[C@@H]1C[C@H](O)C2. The van der Waals surface area contributed by atoms with E-state index < -0.39 is 0 Å². The molecular formula is C8H13NO2. The van der Waals surface area contributed by atoms with E-state index in [0.29, 0.717) is 0 Å². The Bertz CT molecular complexity index is 179. The predicted octanol–water partition coefficient (Wildman–Crippen LogP) is 0.311. The molecule has 0 unspecified atom stereocenters. The maximum absolute atomic E-state index is 9.44. The predicted molar refractivity (Wildman–Crippen MR) is 40.8 cm³/mol. The summed E-state index contributed by atoms with van der Waals surface area (Å²) in [5, 5.41) is 11.3. The molecule has 1 N–H and O–H groups in total. The normalized spacial score (nSPS) is 44.4. The Labute approximate surface area is 66.2 Å². The number of nitrogens with zero attached hydrogens (tertiary/aromatic N) is 1. The van der Waals surface area contributed by atoms with Crippen LogP contribution < -0.4 is 0 Å². The number of hydrogen-bond acceptors (Lipinski definition) is 3.